The summed E-state index contributed by atoms with van der Waals surface area (Å²) in [6, 6.07) is 14.5. The van der Waals surface area contributed by atoms with E-state index in [0.29, 0.717) is 29.5 Å². The van der Waals surface area contributed by atoms with Gasteiger partial charge in [-0.15, -0.1) is 0 Å². The lowest BCUT2D eigenvalue weighted by molar-refractivity contribution is -0.123. The number of amides is 2. The lowest BCUT2D eigenvalue weighted by Gasteiger charge is -2.19. The number of anilines is 1. The molecule has 0 aliphatic rings. The number of benzene rings is 2. The van der Waals surface area contributed by atoms with Crippen molar-refractivity contribution in [3.63, 3.8) is 0 Å². The number of nitrogens with one attached hydrogen (secondary N) is 2. The Bertz CT molecular complexity index is 765. The molecule has 0 radical (unpaired) electrons. The monoisotopic (exact) mass is 389 g/mol. The summed E-state index contributed by atoms with van der Waals surface area (Å²) < 4.78 is 5.22. The smallest absolute Gasteiger partial charge is 0.238 e. The van der Waals surface area contributed by atoms with E-state index in [0.717, 1.165) is 5.56 Å². The highest BCUT2D eigenvalue weighted by Gasteiger charge is 2.14. The molecular formula is C20H24ClN3O3. The van der Waals surface area contributed by atoms with Gasteiger partial charge in [0.15, 0.2) is 0 Å². The van der Waals surface area contributed by atoms with Gasteiger partial charge in [-0.3, -0.25) is 14.5 Å². The van der Waals surface area contributed by atoms with E-state index in [1.165, 1.54) is 0 Å². The minimum absolute atomic E-state index is 0.114. The highest BCUT2D eigenvalue weighted by atomic mass is 35.5. The standard InChI is InChI=1S/C20H24ClN3O3/c1-3-24(13-19(25)22-12-15-8-10-16(21)11-9-15)14-20(26)23-17-6-4-5-7-18(17)27-2/h4-11H,3,12-14H2,1-2H3,(H,22,25)(H,23,26). The zero-order valence-corrected chi connectivity index (χ0v) is 16.3. The van der Waals surface area contributed by atoms with Gasteiger partial charge < -0.3 is 15.4 Å². The van der Waals surface area contributed by atoms with Gasteiger partial charge in [-0.25, -0.2) is 0 Å². The van der Waals surface area contributed by atoms with Crippen LogP contribution in [-0.2, 0) is 16.1 Å². The second-order valence-corrected chi connectivity index (χ2v) is 6.39. The van der Waals surface area contributed by atoms with E-state index in [1.54, 1.807) is 36.3 Å². The number of rotatable bonds is 9. The third-order valence-electron chi connectivity index (χ3n) is 3.97. The predicted octanol–water partition coefficient (Wildman–Crippen LogP) is 2.93. The topological polar surface area (TPSA) is 70.7 Å². The average Bonchev–Trinajstić information content (AvgIpc) is 2.67. The summed E-state index contributed by atoms with van der Waals surface area (Å²) >= 11 is 5.85. The largest absolute Gasteiger partial charge is 0.495 e. The van der Waals surface area contributed by atoms with Crippen molar-refractivity contribution < 1.29 is 14.3 Å². The molecule has 0 aliphatic heterocycles. The van der Waals surface area contributed by atoms with Gasteiger partial charge in [-0.1, -0.05) is 42.8 Å². The van der Waals surface area contributed by atoms with Crippen LogP contribution in [0.15, 0.2) is 48.5 Å². The molecule has 0 fully saturated rings. The molecule has 7 heteroatoms. The van der Waals surface area contributed by atoms with Crippen LogP contribution in [0.5, 0.6) is 5.75 Å². The van der Waals surface area contributed by atoms with E-state index in [1.807, 2.05) is 31.2 Å². The van der Waals surface area contributed by atoms with Gasteiger partial charge in [0.05, 0.1) is 25.9 Å². The summed E-state index contributed by atoms with van der Waals surface area (Å²) in [4.78, 5) is 26.2. The average molecular weight is 390 g/mol. The third kappa shape index (κ3) is 6.92. The van der Waals surface area contributed by atoms with E-state index in [-0.39, 0.29) is 24.9 Å². The van der Waals surface area contributed by atoms with Crippen LogP contribution in [0.3, 0.4) is 0 Å². The Hall–Kier alpha value is -2.57. The molecule has 0 heterocycles. The number of para-hydroxylation sites is 2. The summed E-state index contributed by atoms with van der Waals surface area (Å²) in [6.45, 7) is 3.16. The summed E-state index contributed by atoms with van der Waals surface area (Å²) in [6.07, 6.45) is 0. The lowest BCUT2D eigenvalue weighted by Crippen LogP contribution is -2.40. The highest BCUT2D eigenvalue weighted by molar-refractivity contribution is 6.30. The van der Waals surface area contributed by atoms with Crippen molar-refractivity contribution in [2.75, 3.05) is 32.1 Å². The first kappa shape index (κ1) is 20.7. The second kappa shape index (κ2) is 10.5. The van der Waals surface area contributed by atoms with Crippen LogP contribution in [0.4, 0.5) is 5.69 Å². The molecule has 2 aromatic rings. The van der Waals surface area contributed by atoms with Crippen molar-refractivity contribution >= 4 is 29.1 Å². The molecule has 27 heavy (non-hydrogen) atoms. The molecule has 2 rings (SSSR count). The molecule has 144 valence electrons. The first-order valence-electron chi connectivity index (χ1n) is 8.68. The number of nitrogens with zero attached hydrogens (tertiary/aromatic N) is 1. The van der Waals surface area contributed by atoms with E-state index in [4.69, 9.17) is 16.3 Å². The van der Waals surface area contributed by atoms with Gasteiger partial charge in [0, 0.05) is 11.6 Å². The number of ether oxygens (including phenoxy) is 1. The Labute approximate surface area is 164 Å². The number of halogens is 1. The molecule has 0 bridgehead atoms. The molecule has 0 unspecified atom stereocenters. The molecule has 0 atom stereocenters. The SMILES string of the molecule is CCN(CC(=O)NCc1ccc(Cl)cc1)CC(=O)Nc1ccccc1OC. The fourth-order valence-corrected chi connectivity index (χ4v) is 2.61. The van der Waals surface area contributed by atoms with Crippen molar-refractivity contribution in [1.82, 2.24) is 10.2 Å². The van der Waals surface area contributed by atoms with Gasteiger partial charge in [0.2, 0.25) is 11.8 Å². The maximum absolute atomic E-state index is 12.3. The second-order valence-electron chi connectivity index (χ2n) is 5.95. The van der Waals surface area contributed by atoms with Crippen molar-refractivity contribution in [3.8, 4) is 5.75 Å². The summed E-state index contributed by atoms with van der Waals surface area (Å²) in [5.41, 5.74) is 1.57. The lowest BCUT2D eigenvalue weighted by atomic mass is 10.2. The molecule has 2 aromatic carbocycles. The Morgan fingerprint density at radius 2 is 1.70 bits per heavy atom. The third-order valence-corrected chi connectivity index (χ3v) is 4.22. The number of methoxy groups -OCH3 is 1. The fourth-order valence-electron chi connectivity index (χ4n) is 2.48. The fraction of sp³-hybridized carbons (Fsp3) is 0.300. The first-order valence-corrected chi connectivity index (χ1v) is 9.06. The Morgan fingerprint density at radius 3 is 2.37 bits per heavy atom. The number of hydrogen-bond donors (Lipinski definition) is 2. The maximum atomic E-state index is 12.3. The van der Waals surface area contributed by atoms with Crippen molar-refractivity contribution in [1.29, 1.82) is 0 Å². The van der Waals surface area contributed by atoms with Gasteiger partial charge in [0.1, 0.15) is 5.75 Å². The quantitative estimate of drug-likeness (QED) is 0.691. The van der Waals surface area contributed by atoms with Crippen LogP contribution < -0.4 is 15.4 Å². The van der Waals surface area contributed by atoms with Gasteiger partial charge >= 0.3 is 0 Å². The minimum atomic E-state index is -0.202. The maximum Gasteiger partial charge on any atom is 0.238 e. The Kier molecular flexibility index (Phi) is 8.10. The van der Waals surface area contributed by atoms with Crippen LogP contribution in [0.25, 0.3) is 0 Å². The molecule has 6 nitrogen and oxygen atoms in total. The summed E-state index contributed by atoms with van der Waals surface area (Å²) in [5.74, 6) is 0.248. The zero-order valence-electron chi connectivity index (χ0n) is 15.5. The van der Waals surface area contributed by atoms with Crippen LogP contribution in [0, 0.1) is 0 Å². The van der Waals surface area contributed by atoms with Crippen LogP contribution in [0.1, 0.15) is 12.5 Å². The molecule has 0 aromatic heterocycles. The first-order chi connectivity index (χ1) is 13.0. The molecule has 2 amide bonds. The van der Waals surface area contributed by atoms with Crippen LogP contribution >= 0.6 is 11.6 Å². The van der Waals surface area contributed by atoms with Gasteiger partial charge in [-0.05, 0) is 36.4 Å². The normalized spacial score (nSPS) is 10.5. The zero-order chi connectivity index (χ0) is 19.6. The van der Waals surface area contributed by atoms with E-state index in [9.17, 15) is 9.59 Å². The highest BCUT2D eigenvalue weighted by Crippen LogP contribution is 2.22. The van der Waals surface area contributed by atoms with Crippen LogP contribution in [-0.4, -0.2) is 43.5 Å². The number of carbonyl (C=O) groups is 2. The number of hydrogen-bond acceptors (Lipinski definition) is 4. The number of likely N-dealkylation sites (N-methyl/N-ethyl adjacent to an activating group) is 1. The Morgan fingerprint density at radius 1 is 1.04 bits per heavy atom. The number of carbonyl (C=O) groups excluding carboxylic acids is 2. The van der Waals surface area contributed by atoms with E-state index >= 15 is 0 Å². The summed E-state index contributed by atoms with van der Waals surface area (Å²) in [5, 5.41) is 6.32. The van der Waals surface area contributed by atoms with E-state index < -0.39 is 0 Å². The molecule has 2 N–H and O–H groups in total. The van der Waals surface area contributed by atoms with Gasteiger partial charge in [0.25, 0.3) is 0 Å². The molecular weight excluding hydrogens is 366 g/mol. The molecule has 0 spiro atoms. The molecule has 0 aliphatic carbocycles. The minimum Gasteiger partial charge on any atom is -0.495 e. The Balaban J connectivity index is 1.82. The van der Waals surface area contributed by atoms with Gasteiger partial charge in [-0.2, -0.15) is 0 Å². The van der Waals surface area contributed by atoms with E-state index in [2.05, 4.69) is 10.6 Å². The van der Waals surface area contributed by atoms with Crippen LogP contribution in [0.2, 0.25) is 5.02 Å². The molecule has 0 saturated carbocycles. The van der Waals surface area contributed by atoms with Crippen molar-refractivity contribution in [3.05, 3.63) is 59.1 Å². The summed E-state index contributed by atoms with van der Waals surface area (Å²) in [7, 11) is 1.55. The van der Waals surface area contributed by atoms with Crippen molar-refractivity contribution in [2.45, 2.75) is 13.5 Å². The predicted molar refractivity (Wildman–Crippen MR) is 107 cm³/mol. The van der Waals surface area contributed by atoms with Crippen molar-refractivity contribution in [2.24, 2.45) is 0 Å². The molecule has 0 saturated heterocycles.